The second-order valence-electron chi connectivity index (χ2n) is 7.66. The number of carbonyl (C=O) groups is 2. The molecule has 0 unspecified atom stereocenters. The van der Waals surface area contributed by atoms with E-state index >= 15 is 0 Å². The highest BCUT2D eigenvalue weighted by Crippen LogP contribution is 2.23. The molecule has 0 aromatic heterocycles. The summed E-state index contributed by atoms with van der Waals surface area (Å²) in [4.78, 5) is 24.9. The van der Waals surface area contributed by atoms with Crippen molar-refractivity contribution < 1.29 is 14.3 Å². The standard InChI is InChI=1S/C23H27ClN2O3/c1-15-10-16(2)12-19(11-15)29-14-22(27)25-18-8-9-21(24)20(13-18)23(28)26-17-6-4-3-5-7-17/h8-13,17H,3-7,14H2,1-2H3,(H,25,27)(H,26,28). The SMILES string of the molecule is Cc1cc(C)cc(OCC(=O)Nc2ccc(Cl)c(C(=O)NC3CCCCC3)c2)c1. The first-order chi connectivity index (χ1) is 13.9. The van der Waals surface area contributed by atoms with Crippen LogP contribution >= 0.6 is 11.6 Å². The quantitative estimate of drug-likeness (QED) is 0.696. The third-order valence-corrected chi connectivity index (χ3v) is 5.33. The van der Waals surface area contributed by atoms with E-state index < -0.39 is 0 Å². The average Bonchev–Trinajstić information content (AvgIpc) is 2.68. The summed E-state index contributed by atoms with van der Waals surface area (Å²) in [6.07, 6.45) is 5.48. The molecule has 0 atom stereocenters. The van der Waals surface area contributed by atoms with Crippen LogP contribution in [0.25, 0.3) is 0 Å². The Bertz CT molecular complexity index is 871. The number of aryl methyl sites for hydroxylation is 2. The lowest BCUT2D eigenvalue weighted by atomic mass is 9.95. The largest absolute Gasteiger partial charge is 0.484 e. The first-order valence-corrected chi connectivity index (χ1v) is 10.4. The minimum atomic E-state index is -0.301. The number of hydrogen-bond acceptors (Lipinski definition) is 3. The van der Waals surface area contributed by atoms with Gasteiger partial charge in [-0.3, -0.25) is 9.59 Å². The van der Waals surface area contributed by atoms with Gasteiger partial charge in [0.05, 0.1) is 10.6 Å². The third-order valence-electron chi connectivity index (χ3n) is 5.00. The van der Waals surface area contributed by atoms with E-state index in [1.165, 1.54) is 6.42 Å². The van der Waals surface area contributed by atoms with Gasteiger partial charge in [0.2, 0.25) is 0 Å². The normalized spacial score (nSPS) is 14.3. The average molecular weight is 415 g/mol. The van der Waals surface area contributed by atoms with Crippen molar-refractivity contribution in [1.29, 1.82) is 0 Å². The Morgan fingerprint density at radius 3 is 2.41 bits per heavy atom. The monoisotopic (exact) mass is 414 g/mol. The van der Waals surface area contributed by atoms with Crippen LogP contribution in [0.3, 0.4) is 0 Å². The van der Waals surface area contributed by atoms with Crippen molar-refractivity contribution in [3.8, 4) is 5.75 Å². The number of halogens is 1. The predicted molar refractivity (Wildman–Crippen MR) is 116 cm³/mol. The molecular formula is C23H27ClN2O3. The molecule has 0 heterocycles. The molecule has 0 aliphatic heterocycles. The van der Waals surface area contributed by atoms with Gasteiger partial charge in [0.15, 0.2) is 6.61 Å². The Balaban J connectivity index is 1.59. The Kier molecular flexibility index (Phi) is 7.15. The van der Waals surface area contributed by atoms with Crippen molar-refractivity contribution in [2.24, 2.45) is 0 Å². The molecule has 29 heavy (non-hydrogen) atoms. The van der Waals surface area contributed by atoms with Gasteiger partial charge in [-0.25, -0.2) is 0 Å². The summed E-state index contributed by atoms with van der Waals surface area (Å²) in [6, 6.07) is 10.9. The van der Waals surface area contributed by atoms with Crippen LogP contribution in [-0.4, -0.2) is 24.5 Å². The van der Waals surface area contributed by atoms with Crippen LogP contribution in [0.5, 0.6) is 5.75 Å². The number of carbonyl (C=O) groups excluding carboxylic acids is 2. The molecule has 0 radical (unpaired) electrons. The molecule has 0 bridgehead atoms. The van der Waals surface area contributed by atoms with Crippen molar-refractivity contribution in [3.63, 3.8) is 0 Å². The number of anilines is 1. The molecule has 2 amide bonds. The molecule has 2 aromatic rings. The Hall–Kier alpha value is -2.53. The zero-order valence-electron chi connectivity index (χ0n) is 16.9. The summed E-state index contributed by atoms with van der Waals surface area (Å²) >= 11 is 6.22. The minimum Gasteiger partial charge on any atom is -0.484 e. The number of amides is 2. The minimum absolute atomic E-state index is 0.116. The van der Waals surface area contributed by atoms with Crippen molar-refractivity contribution in [2.75, 3.05) is 11.9 Å². The zero-order chi connectivity index (χ0) is 20.8. The van der Waals surface area contributed by atoms with Gasteiger partial charge in [-0.2, -0.15) is 0 Å². The summed E-state index contributed by atoms with van der Waals surface area (Å²) in [7, 11) is 0. The summed E-state index contributed by atoms with van der Waals surface area (Å²) in [5, 5.41) is 6.18. The molecule has 1 saturated carbocycles. The van der Waals surface area contributed by atoms with Crippen LogP contribution in [0.2, 0.25) is 5.02 Å². The smallest absolute Gasteiger partial charge is 0.262 e. The number of nitrogens with one attached hydrogen (secondary N) is 2. The number of ether oxygens (including phenoxy) is 1. The Morgan fingerprint density at radius 1 is 1.03 bits per heavy atom. The maximum Gasteiger partial charge on any atom is 0.262 e. The molecule has 2 aromatic carbocycles. The van der Waals surface area contributed by atoms with Gasteiger partial charge in [0.25, 0.3) is 11.8 Å². The van der Waals surface area contributed by atoms with Crippen molar-refractivity contribution >= 4 is 29.1 Å². The Labute approximate surface area is 176 Å². The lowest BCUT2D eigenvalue weighted by Crippen LogP contribution is -2.36. The molecule has 1 fully saturated rings. The van der Waals surface area contributed by atoms with Crippen LogP contribution in [-0.2, 0) is 4.79 Å². The summed E-state index contributed by atoms with van der Waals surface area (Å²) in [5.74, 6) is 0.149. The zero-order valence-corrected chi connectivity index (χ0v) is 17.6. The number of benzene rings is 2. The molecule has 1 aliphatic rings. The van der Waals surface area contributed by atoms with Gasteiger partial charge in [0.1, 0.15) is 5.75 Å². The van der Waals surface area contributed by atoms with Gasteiger partial charge in [0, 0.05) is 11.7 Å². The first-order valence-electron chi connectivity index (χ1n) is 10.0. The topological polar surface area (TPSA) is 67.4 Å². The number of hydrogen-bond donors (Lipinski definition) is 2. The predicted octanol–water partition coefficient (Wildman–Crippen LogP) is 5.04. The fraction of sp³-hybridized carbons (Fsp3) is 0.391. The van der Waals surface area contributed by atoms with Crippen LogP contribution in [0, 0.1) is 13.8 Å². The van der Waals surface area contributed by atoms with Crippen LogP contribution in [0.15, 0.2) is 36.4 Å². The van der Waals surface area contributed by atoms with Gasteiger partial charge in [-0.15, -0.1) is 0 Å². The van der Waals surface area contributed by atoms with E-state index in [9.17, 15) is 9.59 Å². The number of rotatable bonds is 6. The lowest BCUT2D eigenvalue weighted by molar-refractivity contribution is -0.118. The molecule has 6 heteroatoms. The second kappa shape index (κ2) is 9.79. The maximum atomic E-state index is 12.6. The van der Waals surface area contributed by atoms with Gasteiger partial charge in [-0.1, -0.05) is 36.9 Å². The van der Waals surface area contributed by atoms with Crippen molar-refractivity contribution in [3.05, 3.63) is 58.1 Å². The van der Waals surface area contributed by atoms with Crippen LogP contribution in [0.1, 0.15) is 53.6 Å². The second-order valence-corrected chi connectivity index (χ2v) is 8.07. The van der Waals surface area contributed by atoms with Crippen molar-refractivity contribution in [2.45, 2.75) is 52.0 Å². The van der Waals surface area contributed by atoms with E-state index in [1.54, 1.807) is 18.2 Å². The molecular weight excluding hydrogens is 388 g/mol. The molecule has 0 spiro atoms. The van der Waals surface area contributed by atoms with Gasteiger partial charge >= 0.3 is 0 Å². The highest BCUT2D eigenvalue weighted by atomic mass is 35.5. The maximum absolute atomic E-state index is 12.6. The molecule has 1 aliphatic carbocycles. The molecule has 2 N–H and O–H groups in total. The van der Waals surface area contributed by atoms with E-state index in [0.717, 1.165) is 36.8 Å². The molecule has 154 valence electrons. The van der Waals surface area contributed by atoms with E-state index in [0.29, 0.717) is 22.0 Å². The fourth-order valence-electron chi connectivity index (χ4n) is 3.65. The van der Waals surface area contributed by atoms with Crippen LogP contribution in [0.4, 0.5) is 5.69 Å². The molecule has 0 saturated heterocycles. The lowest BCUT2D eigenvalue weighted by Gasteiger charge is -2.23. The van der Waals surface area contributed by atoms with E-state index in [-0.39, 0.29) is 24.5 Å². The van der Waals surface area contributed by atoms with Gasteiger partial charge < -0.3 is 15.4 Å². The summed E-state index contributed by atoms with van der Waals surface area (Å²) in [5.41, 5.74) is 3.03. The van der Waals surface area contributed by atoms with E-state index in [2.05, 4.69) is 10.6 Å². The summed E-state index contributed by atoms with van der Waals surface area (Å²) in [6.45, 7) is 3.84. The Morgan fingerprint density at radius 2 is 1.72 bits per heavy atom. The molecule has 5 nitrogen and oxygen atoms in total. The highest BCUT2D eigenvalue weighted by Gasteiger charge is 2.19. The van der Waals surface area contributed by atoms with Gasteiger partial charge in [-0.05, 0) is 68.1 Å². The van der Waals surface area contributed by atoms with E-state index in [4.69, 9.17) is 16.3 Å². The molecule has 3 rings (SSSR count). The fourth-order valence-corrected chi connectivity index (χ4v) is 3.85. The third kappa shape index (κ3) is 6.23. The van der Waals surface area contributed by atoms with Crippen molar-refractivity contribution in [1.82, 2.24) is 5.32 Å². The van der Waals surface area contributed by atoms with E-state index in [1.807, 2.05) is 32.0 Å². The van der Waals surface area contributed by atoms with Crippen LogP contribution < -0.4 is 15.4 Å². The highest BCUT2D eigenvalue weighted by molar-refractivity contribution is 6.34. The summed E-state index contributed by atoms with van der Waals surface area (Å²) < 4.78 is 5.59. The first kappa shape index (κ1) is 21.2.